The van der Waals surface area contributed by atoms with E-state index >= 15 is 0 Å². The largest absolute Gasteiger partial charge is 0.491 e. The third kappa shape index (κ3) is 4.45. The van der Waals surface area contributed by atoms with Crippen LogP contribution < -0.4 is 15.4 Å². The van der Waals surface area contributed by atoms with E-state index in [9.17, 15) is 0 Å². The second kappa shape index (κ2) is 8.62. The molecule has 0 spiro atoms. The normalized spacial score (nSPS) is 19.6. The fraction of sp³-hybridized carbons (Fsp3) is 0.500. The van der Waals surface area contributed by atoms with Crippen LogP contribution in [-0.4, -0.2) is 61.1 Å². The molecular weight excluding hydrogens is 358 g/mol. The molecule has 152 valence electrons. The average Bonchev–Trinajstić information content (AvgIpc) is 3.04. The standard InChI is InChI=1S/C20H29N5O3/c1-13-11-25(12-14(2)28-13)19-10-18(23-24(19)3)20(22)16-9-15(5-6-17(16)21)27-8-7-26-4/h5-6,9-10,13-14,22H,7-8,11-12,21H2,1-4H3/t13-,14+. The predicted octanol–water partition coefficient (Wildman–Crippen LogP) is 2.06. The minimum Gasteiger partial charge on any atom is -0.491 e. The van der Waals surface area contributed by atoms with Crippen molar-refractivity contribution in [2.75, 3.05) is 44.0 Å². The van der Waals surface area contributed by atoms with Crippen LogP contribution in [0, 0.1) is 5.41 Å². The SMILES string of the molecule is COCCOc1ccc(N)c(C(=N)c2cc(N3C[C@@H](C)O[C@@H](C)C3)n(C)n2)c1. The van der Waals surface area contributed by atoms with Crippen LogP contribution in [0.15, 0.2) is 24.3 Å². The first kappa shape index (κ1) is 20.2. The van der Waals surface area contributed by atoms with Gasteiger partial charge in [0.1, 0.15) is 23.9 Å². The highest BCUT2D eigenvalue weighted by molar-refractivity contribution is 6.13. The number of nitrogen functional groups attached to an aromatic ring is 1. The Morgan fingerprint density at radius 3 is 2.64 bits per heavy atom. The Morgan fingerprint density at radius 2 is 1.96 bits per heavy atom. The lowest BCUT2D eigenvalue weighted by Gasteiger charge is -2.36. The fourth-order valence-corrected chi connectivity index (χ4v) is 3.46. The van der Waals surface area contributed by atoms with Gasteiger partial charge in [0.05, 0.1) is 24.5 Å². The van der Waals surface area contributed by atoms with Crippen LogP contribution in [0.3, 0.4) is 0 Å². The number of rotatable bonds is 7. The third-order valence-electron chi connectivity index (χ3n) is 4.71. The molecule has 3 rings (SSSR count). The van der Waals surface area contributed by atoms with Crippen LogP contribution in [0.1, 0.15) is 25.1 Å². The van der Waals surface area contributed by atoms with Crippen molar-refractivity contribution in [1.29, 1.82) is 5.41 Å². The lowest BCUT2D eigenvalue weighted by atomic mass is 10.0. The van der Waals surface area contributed by atoms with Gasteiger partial charge in [0.15, 0.2) is 0 Å². The molecule has 1 fully saturated rings. The molecule has 2 heterocycles. The van der Waals surface area contributed by atoms with Gasteiger partial charge in [-0.25, -0.2) is 0 Å². The van der Waals surface area contributed by atoms with Gasteiger partial charge in [-0.05, 0) is 32.0 Å². The smallest absolute Gasteiger partial charge is 0.127 e. The number of ether oxygens (including phenoxy) is 3. The van der Waals surface area contributed by atoms with E-state index in [4.69, 9.17) is 25.4 Å². The maximum absolute atomic E-state index is 8.65. The van der Waals surface area contributed by atoms with Gasteiger partial charge in [-0.3, -0.25) is 10.1 Å². The van der Waals surface area contributed by atoms with Crippen molar-refractivity contribution in [3.63, 3.8) is 0 Å². The van der Waals surface area contributed by atoms with Crippen LogP contribution in [0.4, 0.5) is 11.5 Å². The minimum atomic E-state index is 0.151. The van der Waals surface area contributed by atoms with Gasteiger partial charge in [0, 0.05) is 44.6 Å². The first-order chi connectivity index (χ1) is 13.4. The Balaban J connectivity index is 1.82. The summed E-state index contributed by atoms with van der Waals surface area (Å²) in [5.41, 5.74) is 8.09. The number of hydrogen-bond donors (Lipinski definition) is 2. The van der Waals surface area contributed by atoms with Crippen LogP contribution in [-0.2, 0) is 16.5 Å². The highest BCUT2D eigenvalue weighted by Gasteiger charge is 2.25. The molecule has 3 N–H and O–H groups in total. The second-order valence-corrected chi connectivity index (χ2v) is 7.14. The molecule has 0 amide bonds. The Bertz CT molecular complexity index is 825. The maximum Gasteiger partial charge on any atom is 0.127 e. The second-order valence-electron chi connectivity index (χ2n) is 7.14. The summed E-state index contributed by atoms with van der Waals surface area (Å²) in [6.45, 7) is 6.66. The Labute approximate surface area is 165 Å². The van der Waals surface area contributed by atoms with E-state index in [0.29, 0.717) is 35.9 Å². The van der Waals surface area contributed by atoms with Crippen molar-refractivity contribution in [3.8, 4) is 5.75 Å². The van der Waals surface area contributed by atoms with Gasteiger partial charge in [0.2, 0.25) is 0 Å². The van der Waals surface area contributed by atoms with Crippen LogP contribution in [0.5, 0.6) is 5.75 Å². The number of nitrogens with one attached hydrogen (secondary N) is 1. The van der Waals surface area contributed by atoms with Gasteiger partial charge in [0.25, 0.3) is 0 Å². The highest BCUT2D eigenvalue weighted by Crippen LogP contribution is 2.25. The average molecular weight is 387 g/mol. The molecule has 0 aliphatic carbocycles. The topological polar surface area (TPSA) is 98.6 Å². The Morgan fingerprint density at radius 1 is 1.25 bits per heavy atom. The summed E-state index contributed by atoms with van der Waals surface area (Å²) in [6.07, 6.45) is 0.302. The molecule has 2 aromatic rings. The molecule has 1 aromatic carbocycles. The van der Waals surface area contributed by atoms with Crippen LogP contribution in [0.2, 0.25) is 0 Å². The number of aryl methyl sites for hydroxylation is 1. The number of hydrogen-bond acceptors (Lipinski definition) is 7. The van der Waals surface area contributed by atoms with Gasteiger partial charge in [-0.1, -0.05) is 0 Å². The number of morpholine rings is 1. The van der Waals surface area contributed by atoms with E-state index in [-0.39, 0.29) is 17.9 Å². The van der Waals surface area contributed by atoms with Gasteiger partial charge in [-0.15, -0.1) is 0 Å². The van der Waals surface area contributed by atoms with Crippen molar-refractivity contribution < 1.29 is 14.2 Å². The lowest BCUT2D eigenvalue weighted by Crippen LogP contribution is -2.46. The summed E-state index contributed by atoms with van der Waals surface area (Å²) in [5, 5.41) is 13.2. The Kier molecular flexibility index (Phi) is 6.21. The zero-order chi connectivity index (χ0) is 20.3. The van der Waals surface area contributed by atoms with Gasteiger partial charge in [-0.2, -0.15) is 5.10 Å². The molecule has 0 saturated carbocycles. The molecule has 0 bridgehead atoms. The van der Waals surface area contributed by atoms with E-state index in [1.54, 1.807) is 25.3 Å². The zero-order valence-electron chi connectivity index (χ0n) is 16.9. The first-order valence-corrected chi connectivity index (χ1v) is 9.44. The summed E-state index contributed by atoms with van der Waals surface area (Å²) < 4.78 is 18.3. The number of anilines is 2. The van der Waals surface area contributed by atoms with E-state index in [1.807, 2.05) is 17.8 Å². The molecule has 1 aliphatic heterocycles. The van der Waals surface area contributed by atoms with Gasteiger partial charge >= 0.3 is 0 Å². The molecular formula is C20H29N5O3. The van der Waals surface area contributed by atoms with Crippen LogP contribution in [0.25, 0.3) is 0 Å². The molecule has 8 heteroatoms. The van der Waals surface area contributed by atoms with Gasteiger partial charge < -0.3 is 24.8 Å². The lowest BCUT2D eigenvalue weighted by molar-refractivity contribution is -0.00564. The fourth-order valence-electron chi connectivity index (χ4n) is 3.46. The third-order valence-corrected chi connectivity index (χ3v) is 4.71. The summed E-state index contributed by atoms with van der Waals surface area (Å²) in [4.78, 5) is 2.25. The molecule has 8 nitrogen and oxygen atoms in total. The number of methoxy groups -OCH3 is 1. The molecule has 0 radical (unpaired) electrons. The monoisotopic (exact) mass is 387 g/mol. The number of nitrogens with zero attached hydrogens (tertiary/aromatic N) is 3. The molecule has 1 aromatic heterocycles. The molecule has 1 aliphatic rings. The minimum absolute atomic E-state index is 0.151. The zero-order valence-corrected chi connectivity index (χ0v) is 16.9. The van der Waals surface area contributed by atoms with E-state index in [0.717, 1.165) is 18.9 Å². The summed E-state index contributed by atoms with van der Waals surface area (Å²) >= 11 is 0. The number of benzene rings is 1. The van der Waals surface area contributed by atoms with Crippen molar-refractivity contribution in [2.24, 2.45) is 7.05 Å². The predicted molar refractivity (Wildman–Crippen MR) is 110 cm³/mol. The van der Waals surface area contributed by atoms with Crippen LogP contribution >= 0.6 is 0 Å². The van der Waals surface area contributed by atoms with Crippen molar-refractivity contribution >= 4 is 17.2 Å². The van der Waals surface area contributed by atoms with Crippen molar-refractivity contribution in [2.45, 2.75) is 26.1 Å². The van der Waals surface area contributed by atoms with Crippen molar-refractivity contribution in [3.05, 3.63) is 35.5 Å². The van der Waals surface area contributed by atoms with E-state index in [2.05, 4.69) is 23.8 Å². The first-order valence-electron chi connectivity index (χ1n) is 9.44. The summed E-state index contributed by atoms with van der Waals surface area (Å²) in [5.74, 6) is 1.62. The molecule has 2 atom stereocenters. The summed E-state index contributed by atoms with van der Waals surface area (Å²) in [7, 11) is 3.52. The molecule has 28 heavy (non-hydrogen) atoms. The highest BCUT2D eigenvalue weighted by atomic mass is 16.5. The van der Waals surface area contributed by atoms with E-state index in [1.165, 1.54) is 0 Å². The van der Waals surface area contributed by atoms with Crippen molar-refractivity contribution in [1.82, 2.24) is 9.78 Å². The Hall–Kier alpha value is -2.58. The number of aromatic nitrogens is 2. The molecule has 0 unspecified atom stereocenters. The van der Waals surface area contributed by atoms with E-state index < -0.39 is 0 Å². The molecule has 1 saturated heterocycles. The number of nitrogens with two attached hydrogens (primary N) is 1. The summed E-state index contributed by atoms with van der Waals surface area (Å²) in [6, 6.07) is 7.26. The quantitative estimate of drug-likeness (QED) is 0.429. The maximum atomic E-state index is 8.65.